The molecule has 5 nitrogen and oxygen atoms in total. The van der Waals surface area contributed by atoms with Gasteiger partial charge < -0.3 is 0 Å². The van der Waals surface area contributed by atoms with Gasteiger partial charge in [-0.15, -0.1) is 0 Å². The van der Waals surface area contributed by atoms with Crippen molar-refractivity contribution in [2.45, 2.75) is 65.3 Å². The second-order valence-corrected chi connectivity index (χ2v) is 5.65. The molecule has 0 saturated carbocycles. The van der Waals surface area contributed by atoms with Crippen LogP contribution in [0.2, 0.25) is 0 Å². The van der Waals surface area contributed by atoms with Gasteiger partial charge in [0.2, 0.25) is 0 Å². The molecule has 0 radical (unpaired) electrons. The summed E-state index contributed by atoms with van der Waals surface area (Å²) in [5.41, 5.74) is 1.34. The lowest BCUT2D eigenvalue weighted by atomic mass is 10.1. The largest absolute Gasteiger partial charge is 0.312 e. The molecule has 6 heteroatoms. The number of nitrogens with zero attached hydrogens (tertiary/aromatic N) is 3. The van der Waals surface area contributed by atoms with E-state index in [2.05, 4.69) is 17.7 Å². The van der Waals surface area contributed by atoms with Crippen molar-refractivity contribution in [1.82, 2.24) is 9.78 Å². The van der Waals surface area contributed by atoms with Crippen molar-refractivity contribution in [2.24, 2.45) is 0 Å². The molecule has 0 amide bonds. The van der Waals surface area contributed by atoms with Gasteiger partial charge in [0.1, 0.15) is 11.4 Å². The Labute approximate surface area is 126 Å². The number of thiol groups is 1. The van der Waals surface area contributed by atoms with Gasteiger partial charge in [-0.3, -0.25) is 14.8 Å². The van der Waals surface area contributed by atoms with Crippen LogP contribution < -0.4 is 0 Å². The molecule has 20 heavy (non-hydrogen) atoms. The molecule has 0 aromatic carbocycles. The molecule has 0 atom stereocenters. The molecule has 1 aromatic heterocycles. The Kier molecular flexibility index (Phi) is 7.65. The van der Waals surface area contributed by atoms with Gasteiger partial charge in [0.15, 0.2) is 0 Å². The Balaban J connectivity index is 2.26. The van der Waals surface area contributed by atoms with Gasteiger partial charge in [0.05, 0.1) is 4.92 Å². The highest BCUT2D eigenvalue weighted by atomic mass is 32.1. The number of hydrogen-bond donors (Lipinski definition) is 1. The smallest absolute Gasteiger partial charge is 0.262 e. The molecule has 0 fully saturated rings. The Morgan fingerprint density at radius 3 is 2.15 bits per heavy atom. The molecular weight excluding hydrogens is 274 g/mol. The fourth-order valence-corrected chi connectivity index (χ4v) is 2.65. The summed E-state index contributed by atoms with van der Waals surface area (Å²) in [7, 11) is 0. The molecule has 0 spiro atoms. The van der Waals surface area contributed by atoms with Crippen LogP contribution in [0, 0.1) is 24.0 Å². The summed E-state index contributed by atoms with van der Waals surface area (Å²) in [6.07, 6.45) is 8.45. The third-order valence-electron chi connectivity index (χ3n) is 3.55. The van der Waals surface area contributed by atoms with Crippen LogP contribution in [0.5, 0.6) is 0 Å². The molecular formula is C14H25N3O2S. The van der Waals surface area contributed by atoms with Crippen molar-refractivity contribution in [3.05, 3.63) is 21.5 Å². The zero-order chi connectivity index (χ0) is 15.0. The molecule has 114 valence electrons. The molecule has 1 heterocycles. The first-order valence-corrected chi connectivity index (χ1v) is 8.00. The minimum absolute atomic E-state index is 0.164. The number of aromatic nitrogens is 2. The van der Waals surface area contributed by atoms with E-state index in [-0.39, 0.29) is 10.6 Å². The summed E-state index contributed by atoms with van der Waals surface area (Å²) in [4.78, 5) is 10.6. The Hall–Kier alpha value is -1.04. The second kappa shape index (κ2) is 9.00. The van der Waals surface area contributed by atoms with E-state index in [9.17, 15) is 10.1 Å². The summed E-state index contributed by atoms with van der Waals surface area (Å²) in [5, 5.41) is 15.2. The van der Waals surface area contributed by atoms with Crippen LogP contribution in [0.25, 0.3) is 0 Å². The lowest BCUT2D eigenvalue weighted by Crippen LogP contribution is -2.03. The van der Waals surface area contributed by atoms with Crippen LogP contribution in [-0.2, 0) is 6.54 Å². The molecule has 0 unspecified atom stereocenters. The summed E-state index contributed by atoms with van der Waals surface area (Å²) in [5.74, 6) is 0.983. The van der Waals surface area contributed by atoms with E-state index in [0.29, 0.717) is 11.4 Å². The first-order chi connectivity index (χ1) is 9.57. The van der Waals surface area contributed by atoms with Crippen LogP contribution in [0.4, 0.5) is 5.69 Å². The van der Waals surface area contributed by atoms with Crippen LogP contribution in [0.3, 0.4) is 0 Å². The lowest BCUT2D eigenvalue weighted by Gasteiger charge is -2.04. The Morgan fingerprint density at radius 2 is 1.65 bits per heavy atom. The predicted octanol–water partition coefficient (Wildman–Crippen LogP) is 4.07. The molecule has 0 aliphatic carbocycles. The molecule has 1 aromatic rings. The van der Waals surface area contributed by atoms with E-state index in [0.717, 1.165) is 25.1 Å². The zero-order valence-electron chi connectivity index (χ0n) is 12.5. The van der Waals surface area contributed by atoms with Crippen molar-refractivity contribution in [3.63, 3.8) is 0 Å². The zero-order valence-corrected chi connectivity index (χ0v) is 13.4. The van der Waals surface area contributed by atoms with Crippen molar-refractivity contribution in [1.29, 1.82) is 0 Å². The van der Waals surface area contributed by atoms with Gasteiger partial charge >= 0.3 is 5.69 Å². The maximum absolute atomic E-state index is 10.9. The molecule has 1 rings (SSSR count). The van der Waals surface area contributed by atoms with Crippen molar-refractivity contribution in [3.8, 4) is 0 Å². The minimum atomic E-state index is -0.338. The van der Waals surface area contributed by atoms with Crippen molar-refractivity contribution in [2.75, 3.05) is 5.75 Å². The van der Waals surface area contributed by atoms with Crippen LogP contribution in [0.15, 0.2) is 0 Å². The van der Waals surface area contributed by atoms with Gasteiger partial charge in [-0.2, -0.15) is 17.7 Å². The van der Waals surface area contributed by atoms with Crippen molar-refractivity contribution < 1.29 is 4.92 Å². The predicted molar refractivity (Wildman–Crippen MR) is 84.5 cm³/mol. The molecule has 0 aliphatic heterocycles. The highest BCUT2D eigenvalue weighted by Gasteiger charge is 2.21. The van der Waals surface area contributed by atoms with Gasteiger partial charge in [0.25, 0.3) is 0 Å². The fourth-order valence-electron chi connectivity index (χ4n) is 2.43. The van der Waals surface area contributed by atoms with Crippen molar-refractivity contribution >= 4 is 18.3 Å². The summed E-state index contributed by atoms with van der Waals surface area (Å²) < 4.78 is 1.77. The first-order valence-electron chi connectivity index (χ1n) is 7.37. The van der Waals surface area contributed by atoms with E-state index >= 15 is 0 Å². The first kappa shape index (κ1) is 17.0. The average Bonchev–Trinajstić information content (AvgIpc) is 2.67. The third-order valence-corrected chi connectivity index (χ3v) is 3.87. The van der Waals surface area contributed by atoms with E-state index in [4.69, 9.17) is 0 Å². The van der Waals surface area contributed by atoms with E-state index in [1.807, 2.05) is 0 Å². The summed E-state index contributed by atoms with van der Waals surface area (Å²) in [6.45, 7) is 4.25. The molecule has 0 saturated heterocycles. The monoisotopic (exact) mass is 299 g/mol. The number of nitro groups is 1. The lowest BCUT2D eigenvalue weighted by molar-refractivity contribution is -0.386. The van der Waals surface area contributed by atoms with Gasteiger partial charge in [-0.05, 0) is 32.4 Å². The number of unbranched alkanes of at least 4 members (excludes halogenated alkanes) is 6. The minimum Gasteiger partial charge on any atom is -0.262 e. The van der Waals surface area contributed by atoms with E-state index in [1.165, 1.54) is 32.1 Å². The Morgan fingerprint density at radius 1 is 1.10 bits per heavy atom. The van der Waals surface area contributed by atoms with E-state index < -0.39 is 0 Å². The van der Waals surface area contributed by atoms with Gasteiger partial charge in [-0.25, -0.2) is 0 Å². The SMILES string of the molecule is Cc1nn(CCCCCCCCCS)c(C)c1[N+](=O)[O-]. The molecule has 0 bridgehead atoms. The highest BCUT2D eigenvalue weighted by Crippen LogP contribution is 2.22. The summed E-state index contributed by atoms with van der Waals surface area (Å²) >= 11 is 4.20. The van der Waals surface area contributed by atoms with Gasteiger partial charge in [0, 0.05) is 6.54 Å². The van der Waals surface area contributed by atoms with E-state index in [1.54, 1.807) is 18.5 Å². The Bertz CT molecular complexity index is 432. The highest BCUT2D eigenvalue weighted by molar-refractivity contribution is 7.80. The molecule has 0 N–H and O–H groups in total. The van der Waals surface area contributed by atoms with Crippen LogP contribution in [-0.4, -0.2) is 20.5 Å². The van der Waals surface area contributed by atoms with Crippen LogP contribution >= 0.6 is 12.6 Å². The quantitative estimate of drug-likeness (QED) is 0.306. The topological polar surface area (TPSA) is 61.0 Å². The van der Waals surface area contributed by atoms with Crippen LogP contribution in [0.1, 0.15) is 56.3 Å². The third kappa shape index (κ3) is 5.15. The standard InChI is InChI=1S/C14H25N3O2S/c1-12-14(17(18)19)13(2)16(15-12)10-8-6-4-3-5-7-9-11-20/h20H,3-11H2,1-2H3. The number of aryl methyl sites for hydroxylation is 2. The second-order valence-electron chi connectivity index (χ2n) is 5.20. The fraction of sp³-hybridized carbons (Fsp3) is 0.786. The number of rotatable bonds is 10. The maximum Gasteiger partial charge on any atom is 0.312 e. The number of hydrogen-bond acceptors (Lipinski definition) is 4. The average molecular weight is 299 g/mol. The normalized spacial score (nSPS) is 10.9. The van der Waals surface area contributed by atoms with Gasteiger partial charge in [-0.1, -0.05) is 32.1 Å². The maximum atomic E-state index is 10.9. The summed E-state index contributed by atoms with van der Waals surface area (Å²) in [6, 6.07) is 0. The molecule has 0 aliphatic rings.